The normalized spacial score (nSPS) is 17.4. The van der Waals surface area contributed by atoms with Crippen molar-refractivity contribution in [1.29, 1.82) is 0 Å². The summed E-state index contributed by atoms with van der Waals surface area (Å²) < 4.78 is 13.0. The number of carbonyl (C=O) groups is 1. The van der Waals surface area contributed by atoms with Crippen LogP contribution in [0.25, 0.3) is 10.9 Å². The van der Waals surface area contributed by atoms with E-state index in [1.165, 1.54) is 0 Å². The van der Waals surface area contributed by atoms with E-state index >= 15 is 0 Å². The van der Waals surface area contributed by atoms with Crippen molar-refractivity contribution in [3.63, 3.8) is 0 Å². The quantitative estimate of drug-likeness (QED) is 0.817. The van der Waals surface area contributed by atoms with Crippen molar-refractivity contribution in [3.05, 3.63) is 30.0 Å². The number of nitrogens with zero attached hydrogens (tertiary/aromatic N) is 2. The molecule has 1 aliphatic heterocycles. The zero-order valence-electron chi connectivity index (χ0n) is 14.7. The Kier molecular flexibility index (Phi) is 5.09. The van der Waals surface area contributed by atoms with Crippen LogP contribution in [0.2, 0.25) is 0 Å². The van der Waals surface area contributed by atoms with Crippen LogP contribution in [-0.4, -0.2) is 48.3 Å². The van der Waals surface area contributed by atoms with E-state index < -0.39 is 0 Å². The molecule has 0 saturated carbocycles. The molecule has 1 fully saturated rings. The minimum absolute atomic E-state index is 0.0741. The van der Waals surface area contributed by atoms with Crippen LogP contribution in [0.5, 0.6) is 5.75 Å². The summed E-state index contributed by atoms with van der Waals surface area (Å²) in [6, 6.07) is 7.85. The second-order valence-corrected chi connectivity index (χ2v) is 6.40. The molecular formula is C19H26N2O3. The third kappa shape index (κ3) is 3.26. The predicted octanol–water partition coefficient (Wildman–Crippen LogP) is 3.22. The third-order valence-electron chi connectivity index (χ3n) is 4.70. The molecule has 1 unspecified atom stereocenters. The molecule has 1 aliphatic rings. The fraction of sp³-hybridized carbons (Fsp3) is 0.526. The van der Waals surface area contributed by atoms with Crippen molar-refractivity contribution in [2.24, 2.45) is 7.05 Å². The molecule has 1 amide bonds. The summed E-state index contributed by atoms with van der Waals surface area (Å²) in [6.45, 7) is 4.34. The summed E-state index contributed by atoms with van der Waals surface area (Å²) in [5.74, 6) is 0.873. The molecule has 1 atom stereocenters. The Morgan fingerprint density at radius 2 is 2.25 bits per heavy atom. The number of aryl methyl sites for hydroxylation is 1. The van der Waals surface area contributed by atoms with Gasteiger partial charge < -0.3 is 18.9 Å². The molecule has 1 saturated heterocycles. The highest BCUT2D eigenvalue weighted by Gasteiger charge is 2.25. The van der Waals surface area contributed by atoms with Crippen molar-refractivity contribution >= 4 is 16.8 Å². The first kappa shape index (κ1) is 16.8. The Morgan fingerprint density at radius 3 is 2.92 bits per heavy atom. The van der Waals surface area contributed by atoms with Crippen molar-refractivity contribution in [2.45, 2.75) is 32.3 Å². The maximum atomic E-state index is 13.1. The Hall–Kier alpha value is -2.01. The molecule has 0 bridgehead atoms. The molecular weight excluding hydrogens is 304 g/mol. The first-order valence-corrected chi connectivity index (χ1v) is 8.68. The first-order chi connectivity index (χ1) is 11.6. The number of methoxy groups -OCH3 is 1. The van der Waals surface area contributed by atoms with E-state index in [1.807, 2.05) is 40.8 Å². The lowest BCUT2D eigenvalue weighted by molar-refractivity contribution is 0.0519. The molecule has 0 aliphatic carbocycles. The van der Waals surface area contributed by atoms with Gasteiger partial charge in [-0.3, -0.25) is 4.79 Å². The lowest BCUT2D eigenvalue weighted by Crippen LogP contribution is -2.38. The van der Waals surface area contributed by atoms with Gasteiger partial charge in [-0.05, 0) is 37.5 Å². The number of benzene rings is 1. The van der Waals surface area contributed by atoms with Crippen LogP contribution in [0.15, 0.2) is 24.3 Å². The fourth-order valence-electron chi connectivity index (χ4n) is 3.38. The SMILES string of the molecule is CCCN(CC1CCCO1)C(=O)c1cc2ccc(OC)cc2n1C. The van der Waals surface area contributed by atoms with Gasteiger partial charge in [-0.15, -0.1) is 0 Å². The molecule has 5 heteroatoms. The summed E-state index contributed by atoms with van der Waals surface area (Å²) in [5.41, 5.74) is 1.72. The second kappa shape index (κ2) is 7.26. The minimum Gasteiger partial charge on any atom is -0.497 e. The highest BCUT2D eigenvalue weighted by atomic mass is 16.5. The largest absolute Gasteiger partial charge is 0.497 e. The molecule has 0 spiro atoms. The number of ether oxygens (including phenoxy) is 2. The molecule has 0 N–H and O–H groups in total. The van der Waals surface area contributed by atoms with Gasteiger partial charge in [0.2, 0.25) is 0 Å². The second-order valence-electron chi connectivity index (χ2n) is 6.40. The van der Waals surface area contributed by atoms with Crippen LogP contribution < -0.4 is 4.74 Å². The lowest BCUT2D eigenvalue weighted by Gasteiger charge is -2.25. The number of hydrogen-bond donors (Lipinski definition) is 0. The molecule has 24 heavy (non-hydrogen) atoms. The number of hydrogen-bond acceptors (Lipinski definition) is 3. The molecule has 5 nitrogen and oxygen atoms in total. The fourth-order valence-corrected chi connectivity index (χ4v) is 3.38. The summed E-state index contributed by atoms with van der Waals surface area (Å²) >= 11 is 0. The van der Waals surface area contributed by atoms with E-state index in [1.54, 1.807) is 7.11 Å². The monoisotopic (exact) mass is 330 g/mol. The van der Waals surface area contributed by atoms with E-state index in [-0.39, 0.29) is 12.0 Å². The van der Waals surface area contributed by atoms with Gasteiger partial charge in [-0.1, -0.05) is 6.92 Å². The highest BCUT2D eigenvalue weighted by Crippen LogP contribution is 2.25. The van der Waals surface area contributed by atoms with Crippen LogP contribution in [0, 0.1) is 0 Å². The van der Waals surface area contributed by atoms with Crippen molar-refractivity contribution in [1.82, 2.24) is 9.47 Å². The predicted molar refractivity (Wildman–Crippen MR) is 94.6 cm³/mol. The standard InChI is InChI=1S/C19H26N2O3/c1-4-9-21(13-16-6-5-10-24-16)19(22)18-11-14-7-8-15(23-3)12-17(14)20(18)2/h7-8,11-12,16H,4-6,9-10,13H2,1-3H3. The number of amides is 1. The van der Waals surface area contributed by atoms with Crippen LogP contribution in [-0.2, 0) is 11.8 Å². The molecule has 130 valence electrons. The first-order valence-electron chi connectivity index (χ1n) is 8.68. The molecule has 3 rings (SSSR count). The Labute approximate surface area is 143 Å². The lowest BCUT2D eigenvalue weighted by atomic mass is 10.2. The zero-order chi connectivity index (χ0) is 17.1. The van der Waals surface area contributed by atoms with E-state index in [4.69, 9.17) is 9.47 Å². The Morgan fingerprint density at radius 1 is 1.42 bits per heavy atom. The van der Waals surface area contributed by atoms with E-state index in [9.17, 15) is 4.79 Å². The van der Waals surface area contributed by atoms with Crippen molar-refractivity contribution in [3.8, 4) is 5.75 Å². The highest BCUT2D eigenvalue weighted by molar-refractivity contribution is 5.99. The van der Waals surface area contributed by atoms with E-state index in [0.717, 1.165) is 49.1 Å². The van der Waals surface area contributed by atoms with Crippen molar-refractivity contribution < 1.29 is 14.3 Å². The number of carbonyl (C=O) groups excluding carboxylic acids is 1. The molecule has 1 aromatic heterocycles. The minimum atomic E-state index is 0.0741. The smallest absolute Gasteiger partial charge is 0.270 e. The maximum Gasteiger partial charge on any atom is 0.270 e. The third-order valence-corrected chi connectivity index (χ3v) is 4.70. The summed E-state index contributed by atoms with van der Waals surface area (Å²) in [7, 11) is 3.59. The van der Waals surface area contributed by atoms with E-state index in [2.05, 4.69) is 6.92 Å². The van der Waals surface area contributed by atoms with Crippen LogP contribution >= 0.6 is 0 Å². The molecule has 1 aromatic carbocycles. The van der Waals surface area contributed by atoms with Crippen LogP contribution in [0.4, 0.5) is 0 Å². The molecule has 2 heterocycles. The average Bonchev–Trinajstić information content (AvgIpc) is 3.22. The Balaban J connectivity index is 1.88. The molecule has 0 radical (unpaired) electrons. The van der Waals surface area contributed by atoms with Gasteiger partial charge in [0, 0.05) is 38.2 Å². The number of aromatic nitrogens is 1. The summed E-state index contributed by atoms with van der Waals surface area (Å²) in [5, 5.41) is 1.05. The van der Waals surface area contributed by atoms with Gasteiger partial charge in [0.15, 0.2) is 0 Å². The number of fused-ring (bicyclic) bond motifs is 1. The topological polar surface area (TPSA) is 43.7 Å². The van der Waals surface area contributed by atoms with E-state index in [0.29, 0.717) is 12.2 Å². The average molecular weight is 330 g/mol. The van der Waals surface area contributed by atoms with Gasteiger partial charge in [-0.25, -0.2) is 0 Å². The summed E-state index contributed by atoms with van der Waals surface area (Å²) in [6.07, 6.45) is 3.25. The zero-order valence-corrected chi connectivity index (χ0v) is 14.7. The van der Waals surface area contributed by atoms with Gasteiger partial charge in [0.05, 0.1) is 18.7 Å². The van der Waals surface area contributed by atoms with Gasteiger partial charge in [0.1, 0.15) is 11.4 Å². The summed E-state index contributed by atoms with van der Waals surface area (Å²) in [4.78, 5) is 15.0. The maximum absolute atomic E-state index is 13.1. The van der Waals surface area contributed by atoms with Crippen LogP contribution in [0.3, 0.4) is 0 Å². The Bertz CT molecular complexity index is 717. The van der Waals surface area contributed by atoms with Gasteiger partial charge in [0.25, 0.3) is 5.91 Å². The van der Waals surface area contributed by atoms with Gasteiger partial charge in [-0.2, -0.15) is 0 Å². The van der Waals surface area contributed by atoms with Gasteiger partial charge >= 0.3 is 0 Å². The van der Waals surface area contributed by atoms with Crippen LogP contribution in [0.1, 0.15) is 36.7 Å². The number of rotatable bonds is 6. The molecule has 2 aromatic rings. The van der Waals surface area contributed by atoms with Crippen molar-refractivity contribution in [2.75, 3.05) is 26.8 Å².